The minimum Gasteiger partial charge on any atom is -0.497 e. The average Bonchev–Trinajstić information content (AvgIpc) is 2.27. The zero-order valence-corrected chi connectivity index (χ0v) is 8.66. The zero-order valence-electron chi connectivity index (χ0n) is 8.66. The molecular weight excluding hydrogens is 180 g/mol. The molecule has 3 heteroatoms. The number of ketones is 1. The topological polar surface area (TPSA) is 35.5 Å². The molecule has 3 nitrogen and oxygen atoms in total. The summed E-state index contributed by atoms with van der Waals surface area (Å²) < 4.78 is 10.1. The Morgan fingerprint density at radius 1 is 1.29 bits per heavy atom. The number of rotatable bonds is 4. The number of carbonyl (C=O) groups excluding carboxylic acids is 1. The van der Waals surface area contributed by atoms with Gasteiger partial charge >= 0.3 is 0 Å². The van der Waals surface area contributed by atoms with Crippen LogP contribution in [0.5, 0.6) is 11.5 Å². The second-order valence-electron chi connectivity index (χ2n) is 2.84. The Morgan fingerprint density at radius 3 is 2.50 bits per heavy atom. The average molecular weight is 194 g/mol. The van der Waals surface area contributed by atoms with Gasteiger partial charge in [0.05, 0.1) is 19.8 Å². The third-order valence-electron chi connectivity index (χ3n) is 2.03. The summed E-state index contributed by atoms with van der Waals surface area (Å²) in [6, 6.07) is 5.19. The maximum Gasteiger partial charge on any atom is 0.166 e. The lowest BCUT2D eigenvalue weighted by molar-refractivity contribution is 0.0985. The number of hydrogen-bond donors (Lipinski definition) is 0. The first-order valence-corrected chi connectivity index (χ1v) is 4.48. The van der Waals surface area contributed by atoms with E-state index in [0.29, 0.717) is 23.5 Å². The third kappa shape index (κ3) is 2.05. The van der Waals surface area contributed by atoms with E-state index in [-0.39, 0.29) is 5.78 Å². The van der Waals surface area contributed by atoms with Gasteiger partial charge in [0.2, 0.25) is 0 Å². The molecule has 0 bridgehead atoms. The van der Waals surface area contributed by atoms with Gasteiger partial charge in [0.25, 0.3) is 0 Å². The minimum atomic E-state index is 0.0736. The van der Waals surface area contributed by atoms with Crippen molar-refractivity contribution in [2.24, 2.45) is 0 Å². The molecule has 0 spiro atoms. The molecule has 0 aliphatic carbocycles. The first kappa shape index (κ1) is 10.6. The van der Waals surface area contributed by atoms with Crippen molar-refractivity contribution >= 4 is 5.78 Å². The molecule has 0 saturated heterocycles. The van der Waals surface area contributed by atoms with Crippen molar-refractivity contribution in [3.63, 3.8) is 0 Å². The second kappa shape index (κ2) is 4.65. The van der Waals surface area contributed by atoms with Crippen LogP contribution in [0.4, 0.5) is 0 Å². The fourth-order valence-electron chi connectivity index (χ4n) is 1.22. The van der Waals surface area contributed by atoms with E-state index in [4.69, 9.17) is 9.47 Å². The highest BCUT2D eigenvalue weighted by molar-refractivity contribution is 5.98. The number of methoxy groups -OCH3 is 2. The standard InChI is InChI=1S/C11H14O3/c1-4-10(12)9-6-5-8(13-2)7-11(9)14-3/h5-7H,4H2,1-3H3. The van der Waals surface area contributed by atoms with Crippen LogP contribution in [0.1, 0.15) is 23.7 Å². The van der Waals surface area contributed by atoms with Crippen LogP contribution in [-0.2, 0) is 0 Å². The van der Waals surface area contributed by atoms with Gasteiger partial charge in [-0.3, -0.25) is 4.79 Å². The van der Waals surface area contributed by atoms with Gasteiger partial charge in [-0.2, -0.15) is 0 Å². The molecule has 0 aromatic heterocycles. The van der Waals surface area contributed by atoms with Crippen LogP contribution in [0.25, 0.3) is 0 Å². The summed E-state index contributed by atoms with van der Waals surface area (Å²) >= 11 is 0. The van der Waals surface area contributed by atoms with Gasteiger partial charge in [0.15, 0.2) is 5.78 Å². The third-order valence-corrected chi connectivity index (χ3v) is 2.03. The molecule has 0 atom stereocenters. The molecule has 0 fully saturated rings. The van der Waals surface area contributed by atoms with Crippen LogP contribution >= 0.6 is 0 Å². The second-order valence-corrected chi connectivity index (χ2v) is 2.84. The van der Waals surface area contributed by atoms with Crippen molar-refractivity contribution in [1.82, 2.24) is 0 Å². The zero-order chi connectivity index (χ0) is 10.6. The molecule has 0 saturated carbocycles. The van der Waals surface area contributed by atoms with E-state index in [9.17, 15) is 4.79 Å². The largest absolute Gasteiger partial charge is 0.497 e. The van der Waals surface area contributed by atoms with Gasteiger partial charge in [-0.15, -0.1) is 0 Å². The van der Waals surface area contributed by atoms with E-state index >= 15 is 0 Å². The number of Topliss-reactive ketones (excluding diaryl/α,β-unsaturated/α-hetero) is 1. The summed E-state index contributed by atoms with van der Waals surface area (Å²) in [5.41, 5.74) is 0.607. The van der Waals surface area contributed by atoms with Crippen LogP contribution < -0.4 is 9.47 Å². The highest BCUT2D eigenvalue weighted by Gasteiger charge is 2.10. The van der Waals surface area contributed by atoms with Crippen molar-refractivity contribution < 1.29 is 14.3 Å². The molecule has 0 radical (unpaired) electrons. The predicted octanol–water partition coefficient (Wildman–Crippen LogP) is 2.30. The molecule has 76 valence electrons. The molecule has 0 N–H and O–H groups in total. The highest BCUT2D eigenvalue weighted by atomic mass is 16.5. The Bertz CT molecular complexity index is 331. The van der Waals surface area contributed by atoms with Gasteiger partial charge in [0, 0.05) is 12.5 Å². The van der Waals surface area contributed by atoms with Gasteiger partial charge in [0.1, 0.15) is 11.5 Å². The Morgan fingerprint density at radius 2 is 2.00 bits per heavy atom. The van der Waals surface area contributed by atoms with Crippen molar-refractivity contribution in [1.29, 1.82) is 0 Å². The van der Waals surface area contributed by atoms with Crippen molar-refractivity contribution in [3.05, 3.63) is 23.8 Å². The van der Waals surface area contributed by atoms with Crippen LogP contribution in [0, 0.1) is 0 Å². The van der Waals surface area contributed by atoms with E-state index in [2.05, 4.69) is 0 Å². The number of hydrogen-bond acceptors (Lipinski definition) is 3. The molecule has 1 aromatic rings. The van der Waals surface area contributed by atoms with Crippen LogP contribution in [0.15, 0.2) is 18.2 Å². The Hall–Kier alpha value is -1.51. The predicted molar refractivity (Wildman–Crippen MR) is 54.2 cm³/mol. The summed E-state index contributed by atoms with van der Waals surface area (Å²) in [4.78, 5) is 11.5. The summed E-state index contributed by atoms with van der Waals surface area (Å²) in [6.07, 6.45) is 0.475. The quantitative estimate of drug-likeness (QED) is 0.690. The van der Waals surface area contributed by atoms with Crippen molar-refractivity contribution in [3.8, 4) is 11.5 Å². The molecule has 1 rings (SSSR count). The monoisotopic (exact) mass is 194 g/mol. The van der Waals surface area contributed by atoms with Gasteiger partial charge in [-0.05, 0) is 12.1 Å². The minimum absolute atomic E-state index is 0.0736. The molecular formula is C11H14O3. The molecule has 0 aliphatic heterocycles. The maximum atomic E-state index is 11.5. The Balaban J connectivity index is 3.11. The normalized spacial score (nSPS) is 9.64. The molecule has 0 heterocycles. The number of ether oxygens (including phenoxy) is 2. The fraction of sp³-hybridized carbons (Fsp3) is 0.364. The fourth-order valence-corrected chi connectivity index (χ4v) is 1.22. The molecule has 0 aliphatic rings. The van der Waals surface area contributed by atoms with Crippen LogP contribution in [-0.4, -0.2) is 20.0 Å². The summed E-state index contributed by atoms with van der Waals surface area (Å²) in [5.74, 6) is 1.33. The lowest BCUT2D eigenvalue weighted by Gasteiger charge is -2.08. The maximum absolute atomic E-state index is 11.5. The lowest BCUT2D eigenvalue weighted by atomic mass is 10.1. The van der Waals surface area contributed by atoms with Crippen LogP contribution in [0.2, 0.25) is 0 Å². The molecule has 0 amide bonds. The summed E-state index contributed by atoms with van der Waals surface area (Å²) in [6.45, 7) is 1.83. The van der Waals surface area contributed by atoms with E-state index < -0.39 is 0 Å². The summed E-state index contributed by atoms with van der Waals surface area (Å²) in [5, 5.41) is 0. The van der Waals surface area contributed by atoms with Crippen molar-refractivity contribution in [2.75, 3.05) is 14.2 Å². The van der Waals surface area contributed by atoms with E-state index in [0.717, 1.165) is 0 Å². The first-order valence-electron chi connectivity index (χ1n) is 4.48. The SMILES string of the molecule is CCC(=O)c1ccc(OC)cc1OC. The first-order chi connectivity index (χ1) is 6.72. The van der Waals surface area contributed by atoms with E-state index in [1.807, 2.05) is 6.92 Å². The smallest absolute Gasteiger partial charge is 0.166 e. The lowest BCUT2D eigenvalue weighted by Crippen LogP contribution is -2.00. The van der Waals surface area contributed by atoms with E-state index in [1.54, 1.807) is 32.4 Å². The van der Waals surface area contributed by atoms with Gasteiger partial charge in [-0.1, -0.05) is 6.92 Å². The van der Waals surface area contributed by atoms with Crippen molar-refractivity contribution in [2.45, 2.75) is 13.3 Å². The van der Waals surface area contributed by atoms with E-state index in [1.165, 1.54) is 0 Å². The summed E-state index contributed by atoms with van der Waals surface area (Å²) in [7, 11) is 3.12. The molecule has 0 unspecified atom stereocenters. The number of benzene rings is 1. The highest BCUT2D eigenvalue weighted by Crippen LogP contribution is 2.25. The number of carbonyl (C=O) groups is 1. The van der Waals surface area contributed by atoms with Gasteiger partial charge in [-0.25, -0.2) is 0 Å². The molecule has 14 heavy (non-hydrogen) atoms. The van der Waals surface area contributed by atoms with Crippen LogP contribution in [0.3, 0.4) is 0 Å². The molecule has 1 aromatic carbocycles. The Kier molecular flexibility index (Phi) is 3.51. The Labute approximate surface area is 83.6 Å². The van der Waals surface area contributed by atoms with Gasteiger partial charge < -0.3 is 9.47 Å².